The Morgan fingerprint density at radius 1 is 1.26 bits per heavy atom. The van der Waals surface area contributed by atoms with E-state index in [-0.39, 0.29) is 13.0 Å². The molecule has 0 aromatic heterocycles. The minimum Gasteiger partial charge on any atom is -0.399 e. The van der Waals surface area contributed by atoms with Crippen molar-refractivity contribution in [3.05, 3.63) is 30.3 Å². The van der Waals surface area contributed by atoms with Crippen molar-refractivity contribution in [3.63, 3.8) is 0 Å². The van der Waals surface area contributed by atoms with Crippen LogP contribution in [-0.4, -0.2) is 44.7 Å². The summed E-state index contributed by atoms with van der Waals surface area (Å²) in [6.07, 6.45) is 0.0866. The molecular weight excluding hydrogens is 292 g/mol. The number of para-hydroxylation sites is 1. The molecule has 0 saturated carbocycles. The fourth-order valence-corrected chi connectivity index (χ4v) is 1.77. The molecule has 0 aliphatic carbocycles. The molecule has 7 nitrogen and oxygen atoms in total. The molecule has 0 spiro atoms. The van der Waals surface area contributed by atoms with Crippen molar-refractivity contribution in [1.82, 2.24) is 0 Å². The first-order valence-electron chi connectivity index (χ1n) is 5.28. The van der Waals surface area contributed by atoms with E-state index in [9.17, 15) is 16.8 Å². The Hall–Kier alpha value is -1.45. The normalized spacial score (nSPS) is 10.2. The summed E-state index contributed by atoms with van der Waals surface area (Å²) in [6.45, 7) is 0.0793. The van der Waals surface area contributed by atoms with Gasteiger partial charge < -0.3 is 5.73 Å². The monoisotopic (exact) mass is 309 g/mol. The lowest BCUT2D eigenvalue weighted by molar-refractivity contribution is -0.471. The van der Waals surface area contributed by atoms with Crippen LogP contribution in [0.15, 0.2) is 30.3 Å². The topological polar surface area (TPSA) is 118 Å². The van der Waals surface area contributed by atoms with Crippen LogP contribution in [0.4, 0.5) is 5.69 Å². The number of anilines is 1. The van der Waals surface area contributed by atoms with Gasteiger partial charge in [0, 0.05) is 12.1 Å². The second kappa shape index (κ2) is 8.62. The Bertz CT molecular complexity index is 601. The highest BCUT2D eigenvalue weighted by Gasteiger charge is 2.07. The lowest BCUT2D eigenvalue weighted by Crippen LogP contribution is -2.12. The maximum absolute atomic E-state index is 10.2. The molecule has 1 aromatic carbocycles. The zero-order valence-electron chi connectivity index (χ0n) is 10.4. The lowest BCUT2D eigenvalue weighted by atomic mass is 10.3. The molecule has 0 unspecified atom stereocenters. The summed E-state index contributed by atoms with van der Waals surface area (Å²) in [5, 5.41) is 0. The van der Waals surface area contributed by atoms with E-state index in [1.165, 1.54) is 7.05 Å². The predicted molar refractivity (Wildman–Crippen MR) is 71.9 cm³/mol. The van der Waals surface area contributed by atoms with Gasteiger partial charge in [-0.25, -0.2) is 0 Å². The summed E-state index contributed by atoms with van der Waals surface area (Å²) in [5.74, 6) is -0.422. The van der Waals surface area contributed by atoms with Crippen LogP contribution in [0.1, 0.15) is 6.42 Å². The summed E-state index contributed by atoms with van der Waals surface area (Å²) in [5.41, 5.74) is 6.18. The summed E-state index contributed by atoms with van der Waals surface area (Å²) >= 11 is 0. The van der Waals surface area contributed by atoms with Gasteiger partial charge in [0.15, 0.2) is 13.6 Å². The van der Waals surface area contributed by atoms with E-state index in [0.29, 0.717) is 0 Å². The van der Waals surface area contributed by atoms with Crippen LogP contribution in [0.2, 0.25) is 0 Å². The molecule has 0 aliphatic rings. The SMILES string of the molecule is C[N+](CCCS(=O)(=O)O)=S(=O)=O.Nc1ccccc1. The van der Waals surface area contributed by atoms with Crippen LogP contribution in [0.3, 0.4) is 0 Å². The maximum atomic E-state index is 10.2. The molecule has 0 amide bonds. The molecule has 19 heavy (non-hydrogen) atoms. The van der Waals surface area contributed by atoms with Gasteiger partial charge >= 0.3 is 10.5 Å². The molecular formula is C10H17N2O5S2+. The molecule has 3 N–H and O–H groups in total. The number of hydrogen-bond acceptors (Lipinski definition) is 5. The summed E-state index contributed by atoms with van der Waals surface area (Å²) in [6, 6.07) is 9.49. The van der Waals surface area contributed by atoms with E-state index in [1.54, 1.807) is 0 Å². The summed E-state index contributed by atoms with van der Waals surface area (Å²) < 4.78 is 49.9. The smallest absolute Gasteiger partial charge is 0.399 e. The quantitative estimate of drug-likeness (QED) is 0.467. The highest BCUT2D eigenvalue weighted by Crippen LogP contribution is 1.95. The fraction of sp³-hybridized carbons (Fsp3) is 0.400. The van der Waals surface area contributed by atoms with Gasteiger partial charge in [0.1, 0.15) is 0 Å². The van der Waals surface area contributed by atoms with E-state index in [4.69, 9.17) is 10.3 Å². The number of nitrogens with zero attached hydrogens (tertiary/aromatic N) is 1. The van der Waals surface area contributed by atoms with Crippen molar-refractivity contribution in [2.75, 3.05) is 25.1 Å². The molecule has 9 heteroatoms. The molecule has 0 heterocycles. The van der Waals surface area contributed by atoms with E-state index in [0.717, 1.165) is 9.63 Å². The molecule has 0 aliphatic heterocycles. The third-order valence-electron chi connectivity index (χ3n) is 1.93. The molecule has 0 bridgehead atoms. The summed E-state index contributed by atoms with van der Waals surface area (Å²) in [7, 11) is -4.99. The van der Waals surface area contributed by atoms with E-state index < -0.39 is 26.4 Å². The average molecular weight is 309 g/mol. The van der Waals surface area contributed by atoms with Crippen LogP contribution < -0.4 is 5.73 Å². The van der Waals surface area contributed by atoms with Crippen LogP contribution >= 0.6 is 0 Å². The first kappa shape index (κ1) is 17.6. The second-order valence-corrected chi connectivity index (χ2v) is 6.25. The van der Waals surface area contributed by atoms with Crippen LogP contribution in [-0.2, 0) is 20.6 Å². The van der Waals surface area contributed by atoms with E-state index in [1.807, 2.05) is 30.3 Å². The molecule has 0 atom stereocenters. The number of hydrogen-bond donors (Lipinski definition) is 2. The first-order chi connectivity index (χ1) is 8.72. The molecule has 1 rings (SSSR count). The minimum atomic E-state index is -3.97. The van der Waals surface area contributed by atoms with Crippen LogP contribution in [0, 0.1) is 0 Å². The molecule has 0 fully saturated rings. The summed E-state index contributed by atoms with van der Waals surface area (Å²) in [4.78, 5) is 0. The third kappa shape index (κ3) is 11.4. The Balaban J connectivity index is 0.000000388. The number of benzene rings is 1. The minimum absolute atomic E-state index is 0.0793. The second-order valence-electron chi connectivity index (χ2n) is 3.62. The van der Waals surface area contributed by atoms with E-state index >= 15 is 0 Å². The Morgan fingerprint density at radius 2 is 1.79 bits per heavy atom. The standard InChI is InChI=1S/C6H7N.C4H9NO5S2/c7-6-4-2-1-3-5-6;1-5(11(6)7)3-2-4-12(8,9)10/h1-5H,7H2;2-4H2,1H3/p+1. The van der Waals surface area contributed by atoms with Crippen LogP contribution in [0.5, 0.6) is 0 Å². The van der Waals surface area contributed by atoms with Gasteiger partial charge in [0.05, 0.1) is 5.75 Å². The van der Waals surface area contributed by atoms with Crippen molar-refractivity contribution in [1.29, 1.82) is 0 Å². The molecule has 108 valence electrons. The van der Waals surface area contributed by atoms with Crippen molar-refractivity contribution < 1.29 is 25.3 Å². The first-order valence-corrected chi connectivity index (χ1v) is 7.92. The highest BCUT2D eigenvalue weighted by molar-refractivity contribution is 7.85. The number of nitrogens with two attached hydrogens (primary N) is 1. The van der Waals surface area contributed by atoms with Gasteiger partial charge in [-0.15, -0.1) is 12.4 Å². The highest BCUT2D eigenvalue weighted by atomic mass is 32.2. The predicted octanol–water partition coefficient (Wildman–Crippen LogP) is 0.238. The Labute approximate surface area is 114 Å². The van der Waals surface area contributed by atoms with Gasteiger partial charge in [0.25, 0.3) is 10.1 Å². The van der Waals surface area contributed by atoms with Crippen molar-refractivity contribution in [2.24, 2.45) is 0 Å². The largest absolute Gasteiger partial charge is 0.458 e. The zero-order valence-corrected chi connectivity index (χ0v) is 12.1. The third-order valence-corrected chi connectivity index (χ3v) is 3.43. The average Bonchev–Trinajstić information content (AvgIpc) is 2.29. The molecule has 0 radical (unpaired) electrons. The Morgan fingerprint density at radius 3 is 2.11 bits per heavy atom. The number of rotatable bonds is 4. The van der Waals surface area contributed by atoms with Gasteiger partial charge in [-0.05, 0) is 12.1 Å². The van der Waals surface area contributed by atoms with Crippen LogP contribution in [0.25, 0.3) is 0 Å². The van der Waals surface area contributed by atoms with Crippen molar-refractivity contribution in [2.45, 2.75) is 6.42 Å². The molecule has 0 saturated heterocycles. The molecule has 1 aromatic rings. The van der Waals surface area contributed by atoms with Gasteiger partial charge in [-0.2, -0.15) is 8.42 Å². The fourth-order valence-electron chi connectivity index (χ4n) is 0.997. The number of nitrogen functional groups attached to an aromatic ring is 1. The van der Waals surface area contributed by atoms with Gasteiger partial charge in [-0.3, -0.25) is 4.55 Å². The Kier molecular flexibility index (Phi) is 7.96. The van der Waals surface area contributed by atoms with E-state index in [2.05, 4.69) is 0 Å². The van der Waals surface area contributed by atoms with Gasteiger partial charge in [-0.1, -0.05) is 18.2 Å². The lowest BCUT2D eigenvalue weighted by Gasteiger charge is -1.91. The van der Waals surface area contributed by atoms with Gasteiger partial charge in [0.2, 0.25) is 0 Å². The zero-order chi connectivity index (χ0) is 14.9. The van der Waals surface area contributed by atoms with Crippen molar-refractivity contribution in [3.8, 4) is 0 Å². The van der Waals surface area contributed by atoms with Crippen molar-refractivity contribution >= 4 is 26.3 Å². The maximum Gasteiger partial charge on any atom is 0.458 e.